The highest BCUT2D eigenvalue weighted by atomic mass is 16.3. The lowest BCUT2D eigenvalue weighted by atomic mass is 10.1. The van der Waals surface area contributed by atoms with Crippen molar-refractivity contribution in [2.75, 3.05) is 6.54 Å². The number of carbonyl (C=O) groups is 1. The minimum absolute atomic E-state index is 0.0253. The molecule has 0 N–H and O–H groups in total. The summed E-state index contributed by atoms with van der Waals surface area (Å²) in [5.74, 6) is -0.0253. The second-order valence-electron chi connectivity index (χ2n) is 4.78. The number of carbonyl (C=O) groups excluding carboxylic acids is 1. The molecule has 1 aliphatic carbocycles. The van der Waals surface area contributed by atoms with Gasteiger partial charge in [0.15, 0.2) is 0 Å². The fourth-order valence-electron chi connectivity index (χ4n) is 2.30. The molecule has 0 radical (unpaired) electrons. The summed E-state index contributed by atoms with van der Waals surface area (Å²) in [4.78, 5) is 14.4. The van der Waals surface area contributed by atoms with E-state index < -0.39 is 0 Å². The Bertz CT molecular complexity index is 649. The molecule has 3 rings (SSSR count). The number of para-hydroxylation sites is 1. The van der Waals surface area contributed by atoms with Gasteiger partial charge in [0, 0.05) is 18.0 Å². The summed E-state index contributed by atoms with van der Waals surface area (Å²) in [5, 5.41) is 9.54. The zero-order valence-corrected chi connectivity index (χ0v) is 10.5. The molecule has 4 heteroatoms. The van der Waals surface area contributed by atoms with E-state index in [0.29, 0.717) is 24.6 Å². The maximum absolute atomic E-state index is 12.6. The monoisotopic (exact) mass is 254 g/mol. The molecule has 1 amide bonds. The Morgan fingerprint density at radius 3 is 2.95 bits per heavy atom. The number of furan rings is 1. The summed E-state index contributed by atoms with van der Waals surface area (Å²) in [6.45, 7) is 0.500. The SMILES string of the molecule is N#CCCN(C(=O)c1coc2ccccc12)C1CC1. The Morgan fingerprint density at radius 2 is 2.21 bits per heavy atom. The number of fused-ring (bicyclic) bond motifs is 1. The van der Waals surface area contributed by atoms with E-state index in [1.165, 1.54) is 6.26 Å². The molecular weight excluding hydrogens is 240 g/mol. The van der Waals surface area contributed by atoms with Crippen LogP contribution in [0.5, 0.6) is 0 Å². The third-order valence-electron chi connectivity index (χ3n) is 3.42. The molecule has 1 saturated carbocycles. The third kappa shape index (κ3) is 2.19. The van der Waals surface area contributed by atoms with Gasteiger partial charge in [-0.3, -0.25) is 4.79 Å². The maximum Gasteiger partial charge on any atom is 0.258 e. The summed E-state index contributed by atoms with van der Waals surface area (Å²) in [6, 6.07) is 9.92. The zero-order valence-electron chi connectivity index (χ0n) is 10.5. The van der Waals surface area contributed by atoms with Crippen LogP contribution in [0, 0.1) is 11.3 Å². The molecule has 0 bridgehead atoms. The van der Waals surface area contributed by atoms with Gasteiger partial charge >= 0.3 is 0 Å². The van der Waals surface area contributed by atoms with Gasteiger partial charge in [0.1, 0.15) is 11.8 Å². The topological polar surface area (TPSA) is 57.2 Å². The van der Waals surface area contributed by atoms with Crippen molar-refractivity contribution < 1.29 is 9.21 Å². The van der Waals surface area contributed by atoms with Gasteiger partial charge in [-0.25, -0.2) is 0 Å². The first-order chi connectivity index (χ1) is 9.31. The van der Waals surface area contributed by atoms with Crippen molar-refractivity contribution in [3.05, 3.63) is 36.1 Å². The fraction of sp³-hybridized carbons (Fsp3) is 0.333. The maximum atomic E-state index is 12.6. The van der Waals surface area contributed by atoms with Gasteiger partial charge in [-0.1, -0.05) is 18.2 Å². The van der Waals surface area contributed by atoms with Crippen LogP contribution < -0.4 is 0 Å². The lowest BCUT2D eigenvalue weighted by Gasteiger charge is -2.20. The fourth-order valence-corrected chi connectivity index (χ4v) is 2.30. The highest BCUT2D eigenvalue weighted by Gasteiger charge is 2.33. The summed E-state index contributed by atoms with van der Waals surface area (Å²) in [5.41, 5.74) is 1.32. The molecule has 1 heterocycles. The largest absolute Gasteiger partial charge is 0.463 e. The Kier molecular flexibility index (Phi) is 2.96. The van der Waals surface area contributed by atoms with E-state index in [1.807, 2.05) is 24.3 Å². The van der Waals surface area contributed by atoms with Crippen LogP contribution in [0.25, 0.3) is 11.0 Å². The first-order valence-corrected chi connectivity index (χ1v) is 6.45. The molecule has 0 unspecified atom stereocenters. The van der Waals surface area contributed by atoms with Crippen LogP contribution in [0.15, 0.2) is 34.9 Å². The highest BCUT2D eigenvalue weighted by molar-refractivity contribution is 6.06. The van der Waals surface area contributed by atoms with E-state index in [0.717, 1.165) is 23.8 Å². The lowest BCUT2D eigenvalue weighted by Crippen LogP contribution is -2.33. The van der Waals surface area contributed by atoms with Crippen LogP contribution in [0.4, 0.5) is 0 Å². The van der Waals surface area contributed by atoms with E-state index >= 15 is 0 Å². The van der Waals surface area contributed by atoms with Crippen molar-refractivity contribution in [3.8, 4) is 6.07 Å². The summed E-state index contributed by atoms with van der Waals surface area (Å²) in [7, 11) is 0. The lowest BCUT2D eigenvalue weighted by molar-refractivity contribution is 0.0748. The average Bonchev–Trinajstić information content (AvgIpc) is 3.18. The standard InChI is InChI=1S/C15H14N2O2/c16-8-3-9-17(11-6-7-11)15(18)13-10-19-14-5-2-1-4-12(13)14/h1-2,4-5,10-11H,3,6-7,9H2. The second-order valence-corrected chi connectivity index (χ2v) is 4.78. The summed E-state index contributed by atoms with van der Waals surface area (Å²) >= 11 is 0. The van der Waals surface area contributed by atoms with Gasteiger partial charge in [0.05, 0.1) is 18.1 Å². The molecule has 96 valence electrons. The number of hydrogen-bond donors (Lipinski definition) is 0. The molecule has 0 atom stereocenters. The van der Waals surface area contributed by atoms with E-state index in [9.17, 15) is 4.79 Å². The molecule has 19 heavy (non-hydrogen) atoms. The number of amides is 1. The third-order valence-corrected chi connectivity index (χ3v) is 3.42. The van der Waals surface area contributed by atoms with Crippen molar-refractivity contribution in [1.82, 2.24) is 4.90 Å². The number of hydrogen-bond acceptors (Lipinski definition) is 3. The Morgan fingerprint density at radius 1 is 1.42 bits per heavy atom. The van der Waals surface area contributed by atoms with Gasteiger partial charge in [-0.15, -0.1) is 0 Å². The molecule has 1 aromatic carbocycles. The van der Waals surface area contributed by atoms with Crippen molar-refractivity contribution in [2.24, 2.45) is 0 Å². The number of rotatable bonds is 4. The van der Waals surface area contributed by atoms with Gasteiger partial charge in [-0.2, -0.15) is 5.26 Å². The quantitative estimate of drug-likeness (QED) is 0.842. The normalized spacial score (nSPS) is 14.3. The summed E-state index contributed by atoms with van der Waals surface area (Å²) in [6.07, 6.45) is 3.96. The number of nitriles is 1. The molecule has 1 aromatic heterocycles. The minimum Gasteiger partial charge on any atom is -0.463 e. The van der Waals surface area contributed by atoms with E-state index in [4.69, 9.17) is 9.68 Å². The second kappa shape index (κ2) is 4.77. The first kappa shape index (κ1) is 11.8. The summed E-state index contributed by atoms with van der Waals surface area (Å²) < 4.78 is 5.41. The molecule has 4 nitrogen and oxygen atoms in total. The van der Waals surface area contributed by atoms with Crippen molar-refractivity contribution in [1.29, 1.82) is 5.26 Å². The van der Waals surface area contributed by atoms with Crippen molar-refractivity contribution in [3.63, 3.8) is 0 Å². The molecular formula is C15H14N2O2. The van der Waals surface area contributed by atoms with Gasteiger partial charge in [0.25, 0.3) is 5.91 Å². The van der Waals surface area contributed by atoms with Gasteiger partial charge in [-0.05, 0) is 18.9 Å². The molecule has 1 aliphatic rings. The Labute approximate surface area is 111 Å². The van der Waals surface area contributed by atoms with E-state index in [-0.39, 0.29) is 5.91 Å². The van der Waals surface area contributed by atoms with Gasteiger partial charge in [0.2, 0.25) is 0 Å². The molecule has 2 aromatic rings. The predicted octanol–water partition coefficient (Wildman–Crippen LogP) is 2.95. The van der Waals surface area contributed by atoms with Gasteiger partial charge < -0.3 is 9.32 Å². The minimum atomic E-state index is -0.0253. The van der Waals surface area contributed by atoms with Crippen LogP contribution in [-0.4, -0.2) is 23.4 Å². The van der Waals surface area contributed by atoms with E-state index in [1.54, 1.807) is 4.90 Å². The van der Waals surface area contributed by atoms with Crippen LogP contribution in [0.3, 0.4) is 0 Å². The highest BCUT2D eigenvalue weighted by Crippen LogP contribution is 2.30. The predicted molar refractivity (Wildman–Crippen MR) is 70.5 cm³/mol. The average molecular weight is 254 g/mol. The number of benzene rings is 1. The Hall–Kier alpha value is -2.28. The van der Waals surface area contributed by atoms with E-state index in [2.05, 4.69) is 6.07 Å². The van der Waals surface area contributed by atoms with Crippen LogP contribution >= 0.6 is 0 Å². The zero-order chi connectivity index (χ0) is 13.2. The van der Waals surface area contributed by atoms with Crippen LogP contribution in [0.1, 0.15) is 29.6 Å². The smallest absolute Gasteiger partial charge is 0.258 e. The van der Waals surface area contributed by atoms with Crippen molar-refractivity contribution in [2.45, 2.75) is 25.3 Å². The first-order valence-electron chi connectivity index (χ1n) is 6.45. The van der Waals surface area contributed by atoms with Crippen LogP contribution in [0.2, 0.25) is 0 Å². The number of nitrogens with zero attached hydrogens (tertiary/aromatic N) is 2. The molecule has 0 aliphatic heterocycles. The molecule has 0 spiro atoms. The Balaban J connectivity index is 1.91. The van der Waals surface area contributed by atoms with Crippen molar-refractivity contribution >= 4 is 16.9 Å². The molecule has 1 fully saturated rings. The molecule has 0 saturated heterocycles. The van der Waals surface area contributed by atoms with Crippen LogP contribution in [-0.2, 0) is 0 Å².